The summed E-state index contributed by atoms with van der Waals surface area (Å²) in [7, 11) is 0. The molecule has 0 bridgehead atoms. The third-order valence-electron chi connectivity index (χ3n) is 2.01. The maximum Gasteiger partial charge on any atom is 0.144 e. The van der Waals surface area contributed by atoms with Crippen LogP contribution in [0, 0.1) is 0 Å². The molecule has 0 amide bonds. The van der Waals surface area contributed by atoms with Crippen molar-refractivity contribution in [2.45, 2.75) is 38.5 Å². The monoisotopic (exact) mass is 177 g/mol. The van der Waals surface area contributed by atoms with Gasteiger partial charge in [0.1, 0.15) is 11.3 Å². The first-order valence-corrected chi connectivity index (χ1v) is 4.13. The summed E-state index contributed by atoms with van der Waals surface area (Å²) in [6.07, 6.45) is 0.497. The quantitative estimate of drug-likeness (QED) is 0.510. The molecule has 0 aromatic rings. The van der Waals surface area contributed by atoms with E-state index in [1.165, 1.54) is 0 Å². The number of nitrogens with two attached hydrogens (primary N) is 1. The lowest BCUT2D eigenvalue weighted by atomic mass is 9.92. The highest BCUT2D eigenvalue weighted by atomic mass is 16.5. The second-order valence-corrected chi connectivity index (χ2v) is 3.37. The zero-order chi connectivity index (χ0) is 9.83. The number of hydrogen-bond donors (Lipinski definition) is 3. The highest BCUT2D eigenvalue weighted by Crippen LogP contribution is 2.23. The Morgan fingerprint density at radius 1 is 1.42 bits per heavy atom. The Bertz CT molecular complexity index is 133. The normalized spacial score (nSPS) is 17.5. The Labute approximate surface area is 73.3 Å². The van der Waals surface area contributed by atoms with Gasteiger partial charge < -0.3 is 20.7 Å². The van der Waals surface area contributed by atoms with E-state index in [0.29, 0.717) is 6.42 Å². The molecule has 0 aliphatic rings. The first-order chi connectivity index (χ1) is 5.37. The number of hydrogen-bond acceptors (Lipinski definition) is 4. The molecule has 0 aliphatic heterocycles. The summed E-state index contributed by atoms with van der Waals surface area (Å²) in [6.45, 7) is 5.07. The Morgan fingerprint density at radius 3 is 2.17 bits per heavy atom. The largest absolute Gasteiger partial charge is 0.394 e. The molecule has 0 saturated heterocycles. The van der Waals surface area contributed by atoms with E-state index >= 15 is 0 Å². The Balaban J connectivity index is 4.24. The highest BCUT2D eigenvalue weighted by molar-refractivity contribution is 4.89. The van der Waals surface area contributed by atoms with Crippen LogP contribution in [-0.4, -0.2) is 34.8 Å². The van der Waals surface area contributed by atoms with Crippen LogP contribution in [0.5, 0.6) is 0 Å². The molecule has 0 fully saturated rings. The minimum atomic E-state index is -1.10. The maximum absolute atomic E-state index is 9.63. The van der Waals surface area contributed by atoms with Gasteiger partial charge in [-0.15, -0.1) is 0 Å². The Kier molecular flexibility index (Phi) is 4.13. The molecule has 4 heteroatoms. The first-order valence-electron chi connectivity index (χ1n) is 4.13. The van der Waals surface area contributed by atoms with Gasteiger partial charge in [-0.05, 0) is 20.3 Å². The third kappa shape index (κ3) is 2.71. The summed E-state index contributed by atoms with van der Waals surface area (Å²) in [5.74, 6) is 0. The van der Waals surface area contributed by atoms with E-state index in [1.54, 1.807) is 13.8 Å². The van der Waals surface area contributed by atoms with Crippen LogP contribution in [0.3, 0.4) is 0 Å². The minimum absolute atomic E-state index is 0.0883. The summed E-state index contributed by atoms with van der Waals surface area (Å²) in [4.78, 5) is 0. The molecule has 4 N–H and O–H groups in total. The molecule has 0 aromatic carbocycles. The molecule has 0 aromatic heterocycles. The van der Waals surface area contributed by atoms with E-state index in [4.69, 9.17) is 15.6 Å². The molecule has 0 radical (unpaired) electrons. The lowest BCUT2D eigenvalue weighted by Crippen LogP contribution is -2.59. The van der Waals surface area contributed by atoms with Gasteiger partial charge in [0, 0.05) is 0 Å². The minimum Gasteiger partial charge on any atom is -0.394 e. The predicted molar refractivity (Wildman–Crippen MR) is 46.5 cm³/mol. The second-order valence-electron chi connectivity index (χ2n) is 3.37. The lowest BCUT2D eigenvalue weighted by Gasteiger charge is -2.39. The van der Waals surface area contributed by atoms with Crippen LogP contribution in [0.4, 0.5) is 0 Å². The van der Waals surface area contributed by atoms with Gasteiger partial charge in [0.05, 0.1) is 13.2 Å². The van der Waals surface area contributed by atoms with Crippen molar-refractivity contribution < 1.29 is 14.9 Å². The van der Waals surface area contributed by atoms with Gasteiger partial charge in [0.15, 0.2) is 0 Å². The van der Waals surface area contributed by atoms with Gasteiger partial charge in [-0.3, -0.25) is 0 Å². The molecular formula is C8H19NO3. The average Bonchev–Trinajstić information content (AvgIpc) is 1.98. The zero-order valence-electron chi connectivity index (χ0n) is 8.00. The van der Waals surface area contributed by atoms with Crippen molar-refractivity contribution in [2.24, 2.45) is 5.73 Å². The lowest BCUT2D eigenvalue weighted by molar-refractivity contribution is -0.171. The molecule has 0 heterocycles. The Hall–Kier alpha value is -0.160. The number of aliphatic hydroxyl groups is 2. The first kappa shape index (κ1) is 11.8. The molecule has 0 saturated carbocycles. The summed E-state index contributed by atoms with van der Waals surface area (Å²) in [6, 6.07) is 0. The molecule has 0 aliphatic carbocycles. The van der Waals surface area contributed by atoms with E-state index in [2.05, 4.69) is 0 Å². The van der Waals surface area contributed by atoms with Crippen LogP contribution in [0.15, 0.2) is 0 Å². The van der Waals surface area contributed by atoms with Crippen molar-refractivity contribution in [3.05, 3.63) is 0 Å². The molecule has 12 heavy (non-hydrogen) atoms. The van der Waals surface area contributed by atoms with Gasteiger partial charge in [0.25, 0.3) is 0 Å². The summed E-state index contributed by atoms with van der Waals surface area (Å²) >= 11 is 0. The Morgan fingerprint density at radius 2 is 1.92 bits per heavy atom. The fourth-order valence-corrected chi connectivity index (χ4v) is 0.939. The van der Waals surface area contributed by atoms with Crippen LogP contribution in [-0.2, 0) is 4.74 Å². The van der Waals surface area contributed by atoms with Crippen LogP contribution >= 0.6 is 0 Å². The SMILES string of the molecule is CCC(N)(OCCO)C(C)(C)O. The topological polar surface area (TPSA) is 75.7 Å². The molecular weight excluding hydrogens is 158 g/mol. The molecule has 0 rings (SSSR count). The number of aliphatic hydroxyl groups excluding tert-OH is 1. The van der Waals surface area contributed by atoms with Crippen molar-refractivity contribution in [1.82, 2.24) is 0 Å². The summed E-state index contributed by atoms with van der Waals surface area (Å²) < 4.78 is 5.17. The van der Waals surface area contributed by atoms with E-state index in [-0.39, 0.29) is 13.2 Å². The second kappa shape index (κ2) is 4.18. The van der Waals surface area contributed by atoms with Gasteiger partial charge in [-0.25, -0.2) is 0 Å². The van der Waals surface area contributed by atoms with Crippen LogP contribution < -0.4 is 5.73 Å². The third-order valence-corrected chi connectivity index (χ3v) is 2.01. The maximum atomic E-state index is 9.63. The molecule has 4 nitrogen and oxygen atoms in total. The van der Waals surface area contributed by atoms with E-state index in [9.17, 15) is 5.11 Å². The summed E-state index contributed by atoms with van der Waals surface area (Å²) in [5.41, 5.74) is 3.60. The highest BCUT2D eigenvalue weighted by Gasteiger charge is 2.39. The van der Waals surface area contributed by atoms with E-state index in [0.717, 1.165) is 0 Å². The molecule has 1 atom stereocenters. The smallest absolute Gasteiger partial charge is 0.144 e. The predicted octanol–water partition coefficient (Wildman–Crippen LogP) is -0.169. The van der Waals surface area contributed by atoms with Crippen molar-refractivity contribution in [2.75, 3.05) is 13.2 Å². The number of rotatable bonds is 5. The standard InChI is InChI=1S/C8H19NO3/c1-4-8(9,7(2,3)11)12-6-5-10/h10-11H,4-6,9H2,1-3H3. The van der Waals surface area contributed by atoms with Crippen molar-refractivity contribution in [1.29, 1.82) is 0 Å². The van der Waals surface area contributed by atoms with Crippen LogP contribution in [0.2, 0.25) is 0 Å². The molecule has 0 spiro atoms. The van der Waals surface area contributed by atoms with Crippen LogP contribution in [0.25, 0.3) is 0 Å². The van der Waals surface area contributed by atoms with Crippen molar-refractivity contribution in [3.8, 4) is 0 Å². The van der Waals surface area contributed by atoms with Crippen molar-refractivity contribution >= 4 is 0 Å². The van der Waals surface area contributed by atoms with Crippen LogP contribution in [0.1, 0.15) is 27.2 Å². The van der Waals surface area contributed by atoms with Gasteiger partial charge in [0.2, 0.25) is 0 Å². The fourth-order valence-electron chi connectivity index (χ4n) is 0.939. The van der Waals surface area contributed by atoms with E-state index < -0.39 is 11.3 Å². The summed E-state index contributed by atoms with van der Waals surface area (Å²) in [5, 5.41) is 18.2. The van der Waals surface area contributed by atoms with Crippen molar-refractivity contribution in [3.63, 3.8) is 0 Å². The van der Waals surface area contributed by atoms with Gasteiger partial charge in [-0.2, -0.15) is 0 Å². The fraction of sp³-hybridized carbons (Fsp3) is 1.00. The molecule has 74 valence electrons. The molecule has 1 unspecified atom stereocenters. The number of ether oxygens (including phenoxy) is 1. The average molecular weight is 177 g/mol. The zero-order valence-corrected chi connectivity index (χ0v) is 8.00. The van der Waals surface area contributed by atoms with E-state index in [1.807, 2.05) is 6.92 Å². The van der Waals surface area contributed by atoms with Gasteiger partial charge >= 0.3 is 0 Å². The van der Waals surface area contributed by atoms with Gasteiger partial charge in [-0.1, -0.05) is 6.92 Å².